The van der Waals surface area contributed by atoms with Crippen molar-refractivity contribution in [3.05, 3.63) is 18.2 Å². The van der Waals surface area contributed by atoms with Gasteiger partial charge in [0.15, 0.2) is 5.78 Å². The second-order valence-electron chi connectivity index (χ2n) is 4.59. The molecule has 0 atom stereocenters. The van der Waals surface area contributed by atoms with Crippen molar-refractivity contribution in [1.82, 2.24) is 9.55 Å². The van der Waals surface area contributed by atoms with Gasteiger partial charge in [0.1, 0.15) is 11.4 Å². The van der Waals surface area contributed by atoms with Gasteiger partial charge in [0.05, 0.1) is 6.42 Å². The fourth-order valence-corrected chi connectivity index (χ4v) is 2.35. The number of ether oxygens (including phenoxy) is 2. The van der Waals surface area contributed by atoms with Crippen molar-refractivity contribution in [2.45, 2.75) is 31.8 Å². The monoisotopic (exact) mass is 252 g/mol. The molecule has 0 bridgehead atoms. The average molecular weight is 252 g/mol. The highest BCUT2D eigenvalue weighted by Crippen LogP contribution is 2.27. The molecule has 18 heavy (non-hydrogen) atoms. The van der Waals surface area contributed by atoms with Crippen molar-refractivity contribution < 1.29 is 14.3 Å². The van der Waals surface area contributed by atoms with Crippen LogP contribution in [0.25, 0.3) is 0 Å². The lowest BCUT2D eigenvalue weighted by molar-refractivity contribution is -0.156. The maximum absolute atomic E-state index is 12.5. The van der Waals surface area contributed by atoms with Crippen LogP contribution in [0.5, 0.6) is 0 Å². The number of hydrogen-bond acceptors (Lipinski definition) is 4. The predicted octanol–water partition coefficient (Wildman–Crippen LogP) is 1.12. The summed E-state index contributed by atoms with van der Waals surface area (Å²) < 4.78 is 13.0. The second kappa shape index (κ2) is 5.63. The molecular formula is C13H20N2O3. The highest BCUT2D eigenvalue weighted by atomic mass is 16.5. The summed E-state index contributed by atoms with van der Waals surface area (Å²) in [6, 6.07) is 0. The van der Waals surface area contributed by atoms with E-state index in [0.29, 0.717) is 39.1 Å². The van der Waals surface area contributed by atoms with Crippen LogP contribution in [0, 0.1) is 0 Å². The van der Waals surface area contributed by atoms with Crippen molar-refractivity contribution in [2.24, 2.45) is 7.05 Å². The summed E-state index contributed by atoms with van der Waals surface area (Å²) in [7, 11) is 1.90. The van der Waals surface area contributed by atoms with Crippen LogP contribution in [0.2, 0.25) is 0 Å². The third kappa shape index (κ3) is 2.62. The summed E-state index contributed by atoms with van der Waals surface area (Å²) in [6.07, 6.45) is 5.16. The number of imidazole rings is 1. The summed E-state index contributed by atoms with van der Waals surface area (Å²) in [6.45, 7) is 3.65. The third-order valence-electron chi connectivity index (χ3n) is 3.47. The Hall–Kier alpha value is -1.20. The van der Waals surface area contributed by atoms with E-state index in [9.17, 15) is 4.79 Å². The Bertz CT molecular complexity index is 403. The standard InChI is InChI=1S/C13H20N2O3/c1-3-18-13(4-8-17-9-5-13)11(16)10-12-14-6-7-15(12)2/h6-7H,3-5,8-10H2,1-2H3. The van der Waals surface area contributed by atoms with Gasteiger partial charge < -0.3 is 14.0 Å². The topological polar surface area (TPSA) is 53.3 Å². The van der Waals surface area contributed by atoms with E-state index in [1.54, 1.807) is 6.20 Å². The molecule has 1 aromatic heterocycles. The van der Waals surface area contributed by atoms with Crippen molar-refractivity contribution in [3.63, 3.8) is 0 Å². The summed E-state index contributed by atoms with van der Waals surface area (Å²) in [5.41, 5.74) is -0.668. The first-order chi connectivity index (χ1) is 8.68. The predicted molar refractivity (Wildman–Crippen MR) is 66.3 cm³/mol. The van der Waals surface area contributed by atoms with Gasteiger partial charge >= 0.3 is 0 Å². The molecule has 0 saturated carbocycles. The van der Waals surface area contributed by atoms with E-state index in [1.807, 2.05) is 24.7 Å². The fraction of sp³-hybridized carbons (Fsp3) is 0.692. The molecule has 0 N–H and O–H groups in total. The minimum absolute atomic E-state index is 0.113. The van der Waals surface area contributed by atoms with Crippen LogP contribution in [0.1, 0.15) is 25.6 Å². The molecular weight excluding hydrogens is 232 g/mol. The van der Waals surface area contributed by atoms with Gasteiger partial charge in [-0.3, -0.25) is 4.79 Å². The summed E-state index contributed by atoms with van der Waals surface area (Å²) in [5, 5.41) is 0. The molecule has 2 rings (SSSR count). The molecule has 5 heteroatoms. The van der Waals surface area contributed by atoms with Gasteiger partial charge in [0.2, 0.25) is 0 Å². The van der Waals surface area contributed by atoms with Crippen LogP contribution in [0.3, 0.4) is 0 Å². The van der Waals surface area contributed by atoms with Crippen LogP contribution in [-0.2, 0) is 27.7 Å². The van der Waals surface area contributed by atoms with Crippen molar-refractivity contribution in [3.8, 4) is 0 Å². The van der Waals surface area contributed by atoms with E-state index in [2.05, 4.69) is 4.98 Å². The van der Waals surface area contributed by atoms with Crippen LogP contribution in [-0.4, -0.2) is 40.8 Å². The van der Waals surface area contributed by atoms with E-state index in [0.717, 1.165) is 5.82 Å². The number of nitrogens with zero attached hydrogens (tertiary/aromatic N) is 2. The molecule has 1 aliphatic rings. The molecule has 0 aliphatic carbocycles. The Morgan fingerprint density at radius 1 is 1.56 bits per heavy atom. The number of Topliss-reactive ketones (excluding diaryl/α,β-unsaturated/α-hetero) is 1. The lowest BCUT2D eigenvalue weighted by Gasteiger charge is -2.35. The number of aryl methyl sites for hydroxylation is 1. The molecule has 100 valence electrons. The summed E-state index contributed by atoms with van der Waals surface area (Å²) in [4.78, 5) is 16.7. The van der Waals surface area contributed by atoms with E-state index in [4.69, 9.17) is 9.47 Å². The molecule has 0 amide bonds. The zero-order valence-corrected chi connectivity index (χ0v) is 11.0. The van der Waals surface area contributed by atoms with E-state index < -0.39 is 5.60 Å². The minimum Gasteiger partial charge on any atom is -0.381 e. The molecule has 1 saturated heterocycles. The van der Waals surface area contributed by atoms with Gasteiger partial charge in [0.25, 0.3) is 0 Å². The van der Waals surface area contributed by atoms with Gasteiger partial charge in [-0.2, -0.15) is 0 Å². The highest BCUT2D eigenvalue weighted by Gasteiger charge is 2.40. The number of hydrogen-bond donors (Lipinski definition) is 0. The molecule has 0 unspecified atom stereocenters. The number of ketones is 1. The largest absolute Gasteiger partial charge is 0.381 e. The summed E-state index contributed by atoms with van der Waals surface area (Å²) >= 11 is 0. The Kier molecular flexibility index (Phi) is 4.14. The van der Waals surface area contributed by atoms with Crippen LogP contribution in [0.4, 0.5) is 0 Å². The minimum atomic E-state index is -0.668. The highest BCUT2D eigenvalue weighted by molar-refractivity contribution is 5.88. The van der Waals surface area contributed by atoms with Crippen molar-refractivity contribution >= 4 is 5.78 Å². The maximum Gasteiger partial charge on any atom is 0.172 e. The first kappa shape index (κ1) is 13.2. The normalized spacial score (nSPS) is 18.8. The Balaban J connectivity index is 2.11. The molecule has 0 aromatic carbocycles. The molecule has 5 nitrogen and oxygen atoms in total. The Labute approximate surface area is 107 Å². The van der Waals surface area contributed by atoms with Crippen LogP contribution in [0.15, 0.2) is 12.4 Å². The van der Waals surface area contributed by atoms with E-state index in [1.165, 1.54) is 0 Å². The number of carbonyl (C=O) groups is 1. The molecule has 1 fully saturated rings. The second-order valence-corrected chi connectivity index (χ2v) is 4.59. The lowest BCUT2D eigenvalue weighted by atomic mass is 9.87. The molecule has 1 aliphatic heterocycles. The Morgan fingerprint density at radius 3 is 2.83 bits per heavy atom. The summed E-state index contributed by atoms with van der Waals surface area (Å²) in [5.74, 6) is 0.896. The lowest BCUT2D eigenvalue weighted by Crippen LogP contribution is -2.47. The Morgan fingerprint density at radius 2 is 2.28 bits per heavy atom. The zero-order valence-electron chi connectivity index (χ0n) is 11.0. The van der Waals surface area contributed by atoms with Crippen molar-refractivity contribution in [2.75, 3.05) is 19.8 Å². The van der Waals surface area contributed by atoms with E-state index >= 15 is 0 Å². The first-order valence-corrected chi connectivity index (χ1v) is 6.39. The smallest absolute Gasteiger partial charge is 0.172 e. The SMILES string of the molecule is CCOC1(C(=O)Cc2nccn2C)CCOCC1. The third-order valence-corrected chi connectivity index (χ3v) is 3.47. The first-order valence-electron chi connectivity index (χ1n) is 6.39. The fourth-order valence-electron chi connectivity index (χ4n) is 2.35. The molecule has 2 heterocycles. The van der Waals surface area contributed by atoms with Gasteiger partial charge in [-0.05, 0) is 6.92 Å². The molecule has 0 spiro atoms. The average Bonchev–Trinajstić information content (AvgIpc) is 2.76. The van der Waals surface area contributed by atoms with Crippen molar-refractivity contribution in [1.29, 1.82) is 0 Å². The van der Waals surface area contributed by atoms with Crippen LogP contribution >= 0.6 is 0 Å². The quantitative estimate of drug-likeness (QED) is 0.788. The van der Waals surface area contributed by atoms with Gasteiger partial charge in [0, 0.05) is 52.1 Å². The number of aromatic nitrogens is 2. The van der Waals surface area contributed by atoms with E-state index in [-0.39, 0.29) is 5.78 Å². The molecule has 1 aromatic rings. The van der Waals surface area contributed by atoms with Gasteiger partial charge in [-0.1, -0.05) is 0 Å². The number of carbonyl (C=O) groups excluding carboxylic acids is 1. The number of rotatable bonds is 5. The van der Waals surface area contributed by atoms with Crippen LogP contribution < -0.4 is 0 Å². The van der Waals surface area contributed by atoms with Gasteiger partial charge in [-0.15, -0.1) is 0 Å². The zero-order chi connectivity index (χ0) is 13.0. The maximum atomic E-state index is 12.5. The molecule has 0 radical (unpaired) electrons. The van der Waals surface area contributed by atoms with Gasteiger partial charge in [-0.25, -0.2) is 4.98 Å².